The fourth-order valence-electron chi connectivity index (χ4n) is 0. The van der Waals surface area contributed by atoms with Gasteiger partial charge in [0.05, 0.1) is 0 Å². The van der Waals surface area contributed by atoms with Gasteiger partial charge in [-0.1, -0.05) is 0 Å². The van der Waals surface area contributed by atoms with Gasteiger partial charge in [0.2, 0.25) is 0 Å². The molecule has 0 rings (SSSR count). The van der Waals surface area contributed by atoms with Crippen LogP contribution in [0.3, 0.4) is 0 Å². The average molecular weight is 547 g/mol. The molecule has 13 heteroatoms. The van der Waals surface area contributed by atoms with Crippen LogP contribution in [0.25, 0.3) is 0 Å². The predicted octanol–water partition coefficient (Wildman–Crippen LogP) is -1.36. The van der Waals surface area contributed by atoms with Gasteiger partial charge in [-0.2, -0.15) is 0 Å². The molecule has 10 nitrogen and oxygen atoms in total. The van der Waals surface area contributed by atoms with Gasteiger partial charge in [0, 0.05) is 0 Å². The van der Waals surface area contributed by atoms with E-state index in [1.54, 1.807) is 0 Å². The summed E-state index contributed by atoms with van der Waals surface area (Å²) in [5.41, 5.74) is 0. The summed E-state index contributed by atoms with van der Waals surface area (Å²) in [4.78, 5) is 77.5. The normalized spacial score (nSPS) is 2.52. The Kier molecular flexibility index (Phi) is 23400. The average Bonchev–Trinajstić information content (AvgIpc) is 2.77. The van der Waals surface area contributed by atoms with Gasteiger partial charge in [0.25, 0.3) is 0 Å². The van der Waals surface area contributed by atoms with E-state index in [4.69, 9.17) is 67.0 Å². The Labute approximate surface area is 151 Å². The number of hydrogen-bond acceptors (Lipinski definition) is 10. The van der Waals surface area contributed by atoms with Crippen molar-refractivity contribution in [2.45, 2.75) is 0 Å². The molecule has 0 aromatic rings. The number of hydrogen-bond donors (Lipinski definition) is 0. The van der Waals surface area contributed by atoms with E-state index in [2.05, 4.69) is 67.9 Å². The molecule has 23 heavy (non-hydrogen) atoms. The number of rotatable bonds is 0. The SMILES string of the molecule is [CH-]=O.[CH-]=O.[CH-]=O.[CH-]=O.[CH-]=O.[CH-]=O.[CH-]=O.[CH-]=O.[CH-]=O.[CH-]=O.[Cl][Re][Cl]. The van der Waals surface area contributed by atoms with E-state index >= 15 is 0 Å². The van der Waals surface area contributed by atoms with Crippen LogP contribution in [-0.4, -0.2) is 67.9 Å². The monoisotopic (exact) mass is 547 g/mol. The van der Waals surface area contributed by atoms with Crippen LogP contribution >= 0.6 is 19.1 Å². The predicted molar refractivity (Wildman–Crippen MR) is 79.2 cm³/mol. The van der Waals surface area contributed by atoms with Crippen LogP contribution in [0.15, 0.2) is 0 Å². The quantitative estimate of drug-likeness (QED) is 0.261. The second-order valence-corrected chi connectivity index (χ2v) is 3.98. The molecule has 0 aromatic carbocycles. The van der Waals surface area contributed by atoms with Crippen LogP contribution in [0.4, 0.5) is 0 Å². The molecule has 0 bridgehead atoms. The molecule has 0 saturated heterocycles. The molecule has 0 unspecified atom stereocenters. The van der Waals surface area contributed by atoms with Crippen molar-refractivity contribution in [2.75, 3.05) is 0 Å². The van der Waals surface area contributed by atoms with Gasteiger partial charge in [-0.25, -0.2) is 0 Å². The Balaban J connectivity index is -0.00000000768. The molecular weight excluding hydrogens is 537 g/mol. The summed E-state index contributed by atoms with van der Waals surface area (Å²) in [6.07, 6.45) is 0. The van der Waals surface area contributed by atoms with Crippen molar-refractivity contribution in [1.29, 1.82) is 0 Å². The van der Waals surface area contributed by atoms with Crippen molar-refractivity contribution >= 4 is 86.9 Å². The molecule has 0 aromatic heterocycles. The van der Waals surface area contributed by atoms with Gasteiger partial charge in [0.1, 0.15) is 0 Å². The number of halogens is 2. The molecule has 0 fully saturated rings. The summed E-state index contributed by atoms with van der Waals surface area (Å²) < 4.78 is 0. The standard InChI is InChI=1S/10CHO.2ClH.Re/c10*1-2;;;/h10*1H;2*1H;/q10*-1;;;+2/p-2. The molecule has 0 N–H and O–H groups in total. The Morgan fingerprint density at radius 1 is 0.304 bits per heavy atom. The van der Waals surface area contributed by atoms with Crippen LogP contribution in [0.1, 0.15) is 0 Å². The number of carbonyl (C=O) groups excluding carboxylic acids is 10. The van der Waals surface area contributed by atoms with Gasteiger partial charge in [-0.05, 0) is 0 Å². The van der Waals surface area contributed by atoms with Crippen LogP contribution in [0, 0.1) is 0 Å². The van der Waals surface area contributed by atoms with Gasteiger partial charge < -0.3 is 47.9 Å². The third kappa shape index (κ3) is 1520. The summed E-state index contributed by atoms with van der Waals surface area (Å²) in [5.74, 6) is 0. The topological polar surface area (TPSA) is 171 Å². The fourth-order valence-corrected chi connectivity index (χ4v) is 0. The van der Waals surface area contributed by atoms with Crippen molar-refractivity contribution in [2.24, 2.45) is 0 Å². The van der Waals surface area contributed by atoms with E-state index < -0.39 is 15.9 Å². The van der Waals surface area contributed by atoms with E-state index in [1.807, 2.05) is 0 Å². The van der Waals surface area contributed by atoms with E-state index in [0.29, 0.717) is 0 Å². The van der Waals surface area contributed by atoms with Gasteiger partial charge in [-0.3, -0.25) is 67.9 Å². The fraction of sp³-hybridized carbons (Fsp3) is 0. The first kappa shape index (κ1) is 84.3. The van der Waals surface area contributed by atoms with Crippen molar-refractivity contribution in [3.63, 3.8) is 0 Å². The molecule has 0 amide bonds. The van der Waals surface area contributed by atoms with E-state index in [9.17, 15) is 0 Å². The van der Waals surface area contributed by atoms with Gasteiger partial charge in [-0.15, -0.1) is 0 Å². The third-order valence-corrected chi connectivity index (χ3v) is 0. The van der Waals surface area contributed by atoms with Crippen LogP contribution in [0.5, 0.6) is 0 Å². The van der Waals surface area contributed by atoms with E-state index in [1.165, 1.54) is 0 Å². The molecule has 0 aliphatic rings. The maximum atomic E-state index is 7.75. The van der Waals surface area contributed by atoms with Crippen molar-refractivity contribution in [3.05, 3.63) is 0 Å². The molecule has 0 aliphatic heterocycles. The molecule has 0 saturated carbocycles. The molecule has 0 aliphatic carbocycles. The Bertz CT molecular complexity index is 78.5. The summed E-state index contributed by atoms with van der Waals surface area (Å²) in [5, 5.41) is 0. The molecule has 0 heterocycles. The molecule has 141 valence electrons. The molecule has 0 atom stereocenters. The van der Waals surface area contributed by atoms with Crippen LogP contribution in [-0.2, 0) is 63.9 Å². The molecular formula is C10H10Cl2O10Re-10. The first-order chi connectivity index (χ1) is 11.4. The third-order valence-electron chi connectivity index (χ3n) is 0. The summed E-state index contributed by atoms with van der Waals surface area (Å²) >= 11 is -0.722. The maximum absolute atomic E-state index is 7.75. The van der Waals surface area contributed by atoms with Crippen molar-refractivity contribution < 1.29 is 63.9 Å². The van der Waals surface area contributed by atoms with Crippen molar-refractivity contribution in [1.82, 2.24) is 0 Å². The van der Waals surface area contributed by atoms with Crippen LogP contribution < -0.4 is 0 Å². The first-order valence-corrected chi connectivity index (χ1v) is 9.37. The molecule has 0 spiro atoms. The van der Waals surface area contributed by atoms with Gasteiger partial charge >= 0.3 is 35.0 Å². The first-order valence-electron chi connectivity index (χ1n) is 2.64. The minimum atomic E-state index is -0.722. The van der Waals surface area contributed by atoms with E-state index in [0.717, 1.165) is 0 Å². The summed E-state index contributed by atoms with van der Waals surface area (Å²) in [6, 6.07) is 0. The second-order valence-electron chi connectivity index (χ2n) is 0.0540. The van der Waals surface area contributed by atoms with Gasteiger partial charge in [0.15, 0.2) is 0 Å². The zero-order valence-electron chi connectivity index (χ0n) is 11.0. The van der Waals surface area contributed by atoms with Crippen LogP contribution in [0.2, 0.25) is 0 Å². The van der Waals surface area contributed by atoms with E-state index in [-0.39, 0.29) is 0 Å². The van der Waals surface area contributed by atoms with Crippen molar-refractivity contribution in [3.8, 4) is 0 Å². The zero-order valence-corrected chi connectivity index (χ0v) is 15.2. The second kappa shape index (κ2) is 6400. The Morgan fingerprint density at radius 3 is 0.304 bits per heavy atom. The Morgan fingerprint density at radius 2 is 0.304 bits per heavy atom. The Hall–Kier alpha value is -2.06. The molecule has 0 radical (unpaired) electrons. The summed E-state index contributed by atoms with van der Waals surface area (Å²) in [7, 11) is 9.83. The summed E-state index contributed by atoms with van der Waals surface area (Å²) in [6.45, 7) is 32.5. The zero-order chi connectivity index (χ0) is 22.7. The minimum absolute atomic E-state index is 0.722.